The van der Waals surface area contributed by atoms with E-state index >= 15 is 0 Å². The lowest BCUT2D eigenvalue weighted by atomic mass is 10.1. The van der Waals surface area contributed by atoms with Gasteiger partial charge in [-0.25, -0.2) is 0 Å². The van der Waals surface area contributed by atoms with Gasteiger partial charge < -0.3 is 4.57 Å². The summed E-state index contributed by atoms with van der Waals surface area (Å²) in [5.74, 6) is 0.0479. The van der Waals surface area contributed by atoms with E-state index in [1.165, 1.54) is 16.1 Å². The lowest BCUT2D eigenvalue weighted by Crippen LogP contribution is -2.30. The molecule has 1 aliphatic rings. The molecule has 4 nitrogen and oxygen atoms in total. The maximum Gasteiger partial charge on any atom is 0.168 e. The van der Waals surface area contributed by atoms with E-state index in [1.54, 1.807) is 18.6 Å². The number of fused-ring (bicyclic) bond motifs is 1. The highest BCUT2D eigenvalue weighted by atomic mass is 16.1. The van der Waals surface area contributed by atoms with Crippen LogP contribution in [0.3, 0.4) is 0 Å². The molecule has 1 aliphatic carbocycles. The second-order valence-electron chi connectivity index (χ2n) is 6.59. The average molecular weight is 355 g/mol. The number of hydrogen-bond acceptors (Lipinski definition) is 3. The van der Waals surface area contributed by atoms with Crippen LogP contribution >= 0.6 is 0 Å². The molecule has 4 rings (SSSR count). The number of ketones is 1. The highest BCUT2D eigenvalue weighted by molar-refractivity contribution is 5.97. The Kier molecular flexibility index (Phi) is 4.79. The lowest BCUT2D eigenvalue weighted by Gasteiger charge is -2.08. The summed E-state index contributed by atoms with van der Waals surface area (Å²) >= 11 is 0. The number of hydrogen-bond donors (Lipinski definition) is 0. The predicted octanol–water partition coefficient (Wildman–Crippen LogP) is 2.99. The van der Waals surface area contributed by atoms with E-state index in [4.69, 9.17) is 0 Å². The van der Waals surface area contributed by atoms with Gasteiger partial charge in [0, 0.05) is 36.0 Å². The van der Waals surface area contributed by atoms with Crippen LogP contribution in [-0.2, 0) is 6.42 Å². The van der Waals surface area contributed by atoms with Crippen molar-refractivity contribution >= 4 is 17.4 Å². The Hall–Kier alpha value is -3.27. The molecule has 0 amide bonds. The van der Waals surface area contributed by atoms with Crippen LogP contribution in [0.2, 0.25) is 0 Å². The quantitative estimate of drug-likeness (QED) is 0.661. The first-order valence-corrected chi connectivity index (χ1v) is 9.21. The number of Topliss-reactive ketones (excluding diaryl/α,β-unsaturated/α-hetero) is 1. The van der Waals surface area contributed by atoms with Gasteiger partial charge in [0.05, 0.1) is 17.5 Å². The maximum absolute atomic E-state index is 12.5. The van der Waals surface area contributed by atoms with Gasteiger partial charge in [-0.1, -0.05) is 25.2 Å². The van der Waals surface area contributed by atoms with Gasteiger partial charge in [0.2, 0.25) is 0 Å². The van der Waals surface area contributed by atoms with Crippen molar-refractivity contribution < 1.29 is 4.79 Å². The number of nitrogens with zero attached hydrogens (tertiary/aromatic N) is 3. The minimum absolute atomic E-state index is 0.0479. The van der Waals surface area contributed by atoms with E-state index in [1.807, 2.05) is 24.3 Å². The third-order valence-corrected chi connectivity index (χ3v) is 4.88. The SMILES string of the molecule is CCC1=c2c(ccn2-c2ccc(C(=O)Cc3cnccn3)cc2)=CC=CC1. The second kappa shape index (κ2) is 7.54. The topological polar surface area (TPSA) is 47.8 Å². The molecule has 0 radical (unpaired) electrons. The molecular weight excluding hydrogens is 334 g/mol. The smallest absolute Gasteiger partial charge is 0.168 e. The molecule has 0 unspecified atom stereocenters. The first-order chi connectivity index (χ1) is 13.3. The van der Waals surface area contributed by atoms with E-state index in [0.717, 1.165) is 18.5 Å². The zero-order chi connectivity index (χ0) is 18.6. The molecule has 1 aromatic carbocycles. The van der Waals surface area contributed by atoms with Crippen LogP contribution in [0.4, 0.5) is 0 Å². The summed E-state index contributed by atoms with van der Waals surface area (Å²) in [6.07, 6.45) is 15.7. The summed E-state index contributed by atoms with van der Waals surface area (Å²) in [7, 11) is 0. The number of carbonyl (C=O) groups is 1. The fraction of sp³-hybridized carbons (Fsp3) is 0.174. The van der Waals surface area contributed by atoms with Crippen LogP contribution in [-0.4, -0.2) is 20.3 Å². The molecule has 3 aromatic rings. The fourth-order valence-corrected chi connectivity index (χ4v) is 3.46. The summed E-state index contributed by atoms with van der Waals surface area (Å²) in [4.78, 5) is 20.7. The van der Waals surface area contributed by atoms with Crippen molar-refractivity contribution in [3.63, 3.8) is 0 Å². The summed E-state index contributed by atoms with van der Waals surface area (Å²) in [5.41, 5.74) is 3.86. The van der Waals surface area contributed by atoms with Gasteiger partial charge in [-0.2, -0.15) is 0 Å². The first kappa shape index (κ1) is 17.2. The van der Waals surface area contributed by atoms with Gasteiger partial charge in [-0.3, -0.25) is 14.8 Å². The van der Waals surface area contributed by atoms with Crippen molar-refractivity contribution in [2.24, 2.45) is 0 Å². The van der Waals surface area contributed by atoms with E-state index in [2.05, 4.69) is 52.0 Å². The number of aromatic nitrogens is 3. The largest absolute Gasteiger partial charge is 0.317 e. The Morgan fingerprint density at radius 2 is 2.00 bits per heavy atom. The molecule has 0 fully saturated rings. The van der Waals surface area contributed by atoms with E-state index in [9.17, 15) is 4.79 Å². The molecular formula is C23H21N3O. The number of rotatable bonds is 5. The van der Waals surface area contributed by atoms with Gasteiger partial charge in [-0.05, 0) is 54.0 Å². The average Bonchev–Trinajstić information content (AvgIpc) is 3.02. The van der Waals surface area contributed by atoms with Crippen LogP contribution in [0.5, 0.6) is 0 Å². The Labute approximate surface area is 158 Å². The zero-order valence-electron chi connectivity index (χ0n) is 15.3. The van der Waals surface area contributed by atoms with E-state index < -0.39 is 0 Å². The molecule has 2 aromatic heterocycles. The minimum atomic E-state index is 0.0479. The molecule has 2 heterocycles. The van der Waals surface area contributed by atoms with Gasteiger partial charge in [0.1, 0.15) is 0 Å². The molecule has 134 valence electrons. The summed E-state index contributed by atoms with van der Waals surface area (Å²) in [5, 5.41) is 2.50. The third kappa shape index (κ3) is 3.51. The van der Waals surface area contributed by atoms with Crippen LogP contribution in [0.15, 0.2) is 67.3 Å². The highest BCUT2D eigenvalue weighted by Crippen LogP contribution is 2.13. The van der Waals surface area contributed by atoms with Gasteiger partial charge in [0.15, 0.2) is 5.78 Å². The molecule has 0 N–H and O–H groups in total. The number of allylic oxidation sites excluding steroid dienone is 2. The normalized spacial score (nSPS) is 13.0. The maximum atomic E-state index is 12.5. The summed E-state index contributed by atoms with van der Waals surface area (Å²) < 4.78 is 2.22. The minimum Gasteiger partial charge on any atom is -0.317 e. The van der Waals surface area contributed by atoms with E-state index in [0.29, 0.717) is 11.3 Å². The number of benzene rings is 1. The third-order valence-electron chi connectivity index (χ3n) is 4.88. The molecule has 27 heavy (non-hydrogen) atoms. The summed E-state index contributed by atoms with van der Waals surface area (Å²) in [6.45, 7) is 2.20. The Morgan fingerprint density at radius 1 is 1.15 bits per heavy atom. The van der Waals surface area contributed by atoms with Crippen molar-refractivity contribution in [1.82, 2.24) is 14.5 Å². The van der Waals surface area contributed by atoms with Crippen LogP contribution in [0.25, 0.3) is 17.3 Å². The Bertz CT molecular complexity index is 1110. The number of carbonyl (C=O) groups excluding carboxylic acids is 1. The van der Waals surface area contributed by atoms with Crippen LogP contribution in [0.1, 0.15) is 35.8 Å². The van der Waals surface area contributed by atoms with Crippen LogP contribution < -0.4 is 10.6 Å². The van der Waals surface area contributed by atoms with E-state index in [-0.39, 0.29) is 12.2 Å². The van der Waals surface area contributed by atoms with Gasteiger partial charge in [-0.15, -0.1) is 0 Å². The highest BCUT2D eigenvalue weighted by Gasteiger charge is 2.10. The predicted molar refractivity (Wildman–Crippen MR) is 107 cm³/mol. The Morgan fingerprint density at radius 3 is 2.74 bits per heavy atom. The lowest BCUT2D eigenvalue weighted by molar-refractivity contribution is 0.0992. The zero-order valence-corrected chi connectivity index (χ0v) is 15.3. The molecule has 0 saturated carbocycles. The first-order valence-electron chi connectivity index (χ1n) is 9.21. The molecule has 0 saturated heterocycles. The van der Waals surface area contributed by atoms with Gasteiger partial charge >= 0.3 is 0 Å². The fourth-order valence-electron chi connectivity index (χ4n) is 3.46. The van der Waals surface area contributed by atoms with Crippen molar-refractivity contribution in [2.75, 3.05) is 0 Å². The van der Waals surface area contributed by atoms with Crippen LogP contribution in [0, 0.1) is 0 Å². The van der Waals surface area contributed by atoms with Crippen molar-refractivity contribution in [2.45, 2.75) is 26.2 Å². The Balaban J connectivity index is 1.66. The van der Waals surface area contributed by atoms with Crippen molar-refractivity contribution in [3.05, 3.63) is 89.1 Å². The van der Waals surface area contributed by atoms with Gasteiger partial charge in [0.25, 0.3) is 0 Å². The molecule has 0 aliphatic heterocycles. The molecule has 4 heteroatoms. The molecule has 0 bridgehead atoms. The molecule has 0 spiro atoms. The molecule has 0 atom stereocenters. The second-order valence-corrected chi connectivity index (χ2v) is 6.59. The summed E-state index contributed by atoms with van der Waals surface area (Å²) in [6, 6.07) is 9.95. The van der Waals surface area contributed by atoms with Crippen molar-refractivity contribution in [1.29, 1.82) is 0 Å². The monoisotopic (exact) mass is 355 g/mol. The van der Waals surface area contributed by atoms with Crippen molar-refractivity contribution in [3.8, 4) is 5.69 Å². The standard InChI is InChI=1S/C23H21N3O/c1-2-17-5-3-4-6-19-11-14-26(23(17)19)21-9-7-18(8-10-21)22(27)15-20-16-24-12-13-25-20/h3-4,6-14,16H,2,5,15H2,1H3.